The van der Waals surface area contributed by atoms with Crippen LogP contribution in [0.1, 0.15) is 16.8 Å². The molecule has 1 aromatic carbocycles. The summed E-state index contributed by atoms with van der Waals surface area (Å²) in [7, 11) is 4.48. The van der Waals surface area contributed by atoms with E-state index in [1.807, 2.05) is 0 Å². The molecule has 3 N–H and O–H groups in total. The Morgan fingerprint density at radius 1 is 1.18 bits per heavy atom. The lowest BCUT2D eigenvalue weighted by atomic mass is 10.1. The highest BCUT2D eigenvalue weighted by Gasteiger charge is 2.20. The van der Waals surface area contributed by atoms with E-state index in [-0.39, 0.29) is 5.56 Å². The molecular formula is C14H20N4O4. The molecule has 1 aromatic rings. The molecule has 22 heavy (non-hydrogen) atoms. The van der Waals surface area contributed by atoms with Crippen LogP contribution >= 0.6 is 0 Å². The minimum Gasteiger partial charge on any atom is -0.496 e. The number of ether oxygens (including phenoxy) is 3. The topological polar surface area (TPSA) is 93.2 Å². The summed E-state index contributed by atoms with van der Waals surface area (Å²) in [5.41, 5.74) is 5.59. The molecule has 0 radical (unpaired) electrons. The van der Waals surface area contributed by atoms with E-state index in [2.05, 4.69) is 21.2 Å². The number of carbonyl (C=O) groups is 1. The van der Waals surface area contributed by atoms with Crippen molar-refractivity contribution in [2.75, 3.05) is 34.4 Å². The van der Waals surface area contributed by atoms with E-state index < -0.39 is 5.91 Å². The Kier molecular flexibility index (Phi) is 5.29. The molecule has 0 fully saturated rings. The normalized spacial score (nSPS) is 13.5. The number of hydrazine groups is 1. The van der Waals surface area contributed by atoms with Gasteiger partial charge in [0.1, 0.15) is 22.8 Å². The predicted octanol–water partition coefficient (Wildman–Crippen LogP) is 0.296. The molecule has 0 atom stereocenters. The van der Waals surface area contributed by atoms with Crippen molar-refractivity contribution in [1.29, 1.82) is 0 Å². The first-order chi connectivity index (χ1) is 10.7. The van der Waals surface area contributed by atoms with Gasteiger partial charge in [0, 0.05) is 25.2 Å². The Balaban J connectivity index is 2.18. The van der Waals surface area contributed by atoms with Gasteiger partial charge in [-0.05, 0) is 6.42 Å². The van der Waals surface area contributed by atoms with Gasteiger partial charge in [-0.1, -0.05) is 0 Å². The van der Waals surface area contributed by atoms with Crippen molar-refractivity contribution < 1.29 is 19.0 Å². The number of methoxy groups -OCH3 is 3. The highest BCUT2D eigenvalue weighted by Crippen LogP contribution is 2.33. The van der Waals surface area contributed by atoms with Gasteiger partial charge >= 0.3 is 0 Å². The minimum absolute atomic E-state index is 0.273. The van der Waals surface area contributed by atoms with Crippen LogP contribution in [0, 0.1) is 0 Å². The van der Waals surface area contributed by atoms with Crippen molar-refractivity contribution >= 4 is 11.9 Å². The molecule has 120 valence electrons. The number of nitrogens with one attached hydrogen (secondary N) is 3. The van der Waals surface area contributed by atoms with Crippen molar-refractivity contribution in [3.63, 3.8) is 0 Å². The van der Waals surface area contributed by atoms with Crippen LogP contribution in [0.2, 0.25) is 0 Å². The van der Waals surface area contributed by atoms with Crippen molar-refractivity contribution in [2.24, 2.45) is 4.99 Å². The number of amides is 1. The summed E-state index contributed by atoms with van der Waals surface area (Å²) >= 11 is 0. The molecule has 0 bridgehead atoms. The number of benzene rings is 1. The van der Waals surface area contributed by atoms with E-state index in [0.717, 1.165) is 19.5 Å². The number of rotatable bonds is 4. The average Bonchev–Trinajstić information content (AvgIpc) is 2.59. The van der Waals surface area contributed by atoms with Crippen molar-refractivity contribution in [3.05, 3.63) is 17.7 Å². The Labute approximate surface area is 128 Å². The van der Waals surface area contributed by atoms with E-state index in [0.29, 0.717) is 23.2 Å². The Morgan fingerprint density at radius 2 is 1.86 bits per heavy atom. The van der Waals surface area contributed by atoms with E-state index >= 15 is 0 Å². The quantitative estimate of drug-likeness (QED) is 0.693. The van der Waals surface area contributed by atoms with Crippen LogP contribution in [0.4, 0.5) is 0 Å². The highest BCUT2D eigenvalue weighted by atomic mass is 16.5. The van der Waals surface area contributed by atoms with Crippen LogP contribution in [0.3, 0.4) is 0 Å². The molecule has 1 heterocycles. The number of nitrogens with zero attached hydrogens (tertiary/aromatic N) is 1. The van der Waals surface area contributed by atoms with Gasteiger partial charge in [0.2, 0.25) is 5.96 Å². The summed E-state index contributed by atoms with van der Waals surface area (Å²) in [4.78, 5) is 16.6. The maximum Gasteiger partial charge on any atom is 0.277 e. The fourth-order valence-electron chi connectivity index (χ4n) is 2.02. The van der Waals surface area contributed by atoms with E-state index in [1.165, 1.54) is 21.3 Å². The van der Waals surface area contributed by atoms with Gasteiger partial charge in [0.05, 0.1) is 21.3 Å². The molecule has 0 aromatic heterocycles. The average molecular weight is 308 g/mol. The number of aliphatic imine (C=N–C) groups is 1. The lowest BCUT2D eigenvalue weighted by Crippen LogP contribution is -2.49. The lowest BCUT2D eigenvalue weighted by molar-refractivity contribution is 0.0936. The largest absolute Gasteiger partial charge is 0.496 e. The molecule has 8 heteroatoms. The third-order valence-electron chi connectivity index (χ3n) is 3.13. The second kappa shape index (κ2) is 7.39. The second-order valence-corrected chi connectivity index (χ2v) is 4.50. The zero-order valence-corrected chi connectivity index (χ0v) is 12.9. The third kappa shape index (κ3) is 3.51. The molecule has 1 aliphatic heterocycles. The smallest absolute Gasteiger partial charge is 0.277 e. The van der Waals surface area contributed by atoms with Crippen LogP contribution in [0.5, 0.6) is 17.2 Å². The molecule has 0 saturated heterocycles. The fraction of sp³-hybridized carbons (Fsp3) is 0.429. The Bertz CT molecular complexity index is 549. The summed E-state index contributed by atoms with van der Waals surface area (Å²) in [5.74, 6) is 1.39. The van der Waals surface area contributed by atoms with E-state index in [4.69, 9.17) is 14.2 Å². The summed E-state index contributed by atoms with van der Waals surface area (Å²) < 4.78 is 15.7. The number of hydrogen-bond donors (Lipinski definition) is 3. The van der Waals surface area contributed by atoms with Crippen molar-refractivity contribution in [2.45, 2.75) is 6.42 Å². The highest BCUT2D eigenvalue weighted by molar-refractivity contribution is 6.01. The molecule has 2 rings (SSSR count). The van der Waals surface area contributed by atoms with Gasteiger partial charge in [-0.15, -0.1) is 0 Å². The Hall–Kier alpha value is -2.64. The van der Waals surface area contributed by atoms with Gasteiger partial charge in [-0.2, -0.15) is 0 Å². The first kappa shape index (κ1) is 15.7. The maximum absolute atomic E-state index is 12.4. The van der Waals surface area contributed by atoms with Gasteiger partial charge < -0.3 is 19.5 Å². The summed E-state index contributed by atoms with van der Waals surface area (Å²) in [6, 6.07) is 3.24. The zero-order chi connectivity index (χ0) is 15.9. The van der Waals surface area contributed by atoms with Gasteiger partial charge in [0.25, 0.3) is 5.91 Å². The number of hydrogen-bond acceptors (Lipinski definition) is 7. The SMILES string of the molecule is COc1cc(OC)c(C(=O)NNC2=NCCCN2)c(OC)c1. The minimum atomic E-state index is -0.397. The summed E-state index contributed by atoms with van der Waals surface area (Å²) in [6.07, 6.45) is 0.971. The zero-order valence-electron chi connectivity index (χ0n) is 12.9. The number of guanidine groups is 1. The monoisotopic (exact) mass is 308 g/mol. The predicted molar refractivity (Wildman–Crippen MR) is 81.6 cm³/mol. The van der Waals surface area contributed by atoms with Crippen LogP contribution in [0.25, 0.3) is 0 Å². The molecule has 1 aliphatic rings. The van der Waals surface area contributed by atoms with Crippen LogP contribution in [-0.4, -0.2) is 46.3 Å². The van der Waals surface area contributed by atoms with E-state index in [9.17, 15) is 4.79 Å². The van der Waals surface area contributed by atoms with E-state index in [1.54, 1.807) is 12.1 Å². The molecule has 0 aliphatic carbocycles. The molecule has 0 unspecified atom stereocenters. The Morgan fingerprint density at radius 3 is 2.36 bits per heavy atom. The van der Waals surface area contributed by atoms with Gasteiger partial charge in [0.15, 0.2) is 0 Å². The van der Waals surface area contributed by atoms with Gasteiger partial charge in [-0.3, -0.25) is 20.6 Å². The molecular weight excluding hydrogens is 288 g/mol. The first-order valence-corrected chi connectivity index (χ1v) is 6.84. The third-order valence-corrected chi connectivity index (χ3v) is 3.13. The van der Waals surface area contributed by atoms with Crippen LogP contribution < -0.4 is 30.4 Å². The standard InChI is InChI=1S/C14H20N4O4/c1-20-9-7-10(21-2)12(11(8-9)22-3)13(19)17-18-14-15-5-4-6-16-14/h7-8H,4-6H2,1-3H3,(H,17,19)(H2,15,16,18). The second-order valence-electron chi connectivity index (χ2n) is 4.50. The van der Waals surface area contributed by atoms with Gasteiger partial charge in [-0.25, -0.2) is 0 Å². The fourth-order valence-corrected chi connectivity index (χ4v) is 2.02. The maximum atomic E-state index is 12.4. The van der Waals surface area contributed by atoms with Crippen LogP contribution in [0.15, 0.2) is 17.1 Å². The summed E-state index contributed by atoms with van der Waals surface area (Å²) in [6.45, 7) is 1.54. The molecule has 0 spiro atoms. The number of carbonyl (C=O) groups excluding carboxylic acids is 1. The van der Waals surface area contributed by atoms with Crippen molar-refractivity contribution in [1.82, 2.24) is 16.2 Å². The molecule has 8 nitrogen and oxygen atoms in total. The van der Waals surface area contributed by atoms with Crippen LogP contribution in [-0.2, 0) is 0 Å². The van der Waals surface area contributed by atoms with Crippen molar-refractivity contribution in [3.8, 4) is 17.2 Å². The molecule has 1 amide bonds. The summed E-state index contributed by atoms with van der Waals surface area (Å²) in [5, 5.41) is 3.04. The lowest BCUT2D eigenvalue weighted by Gasteiger charge is -2.18. The first-order valence-electron chi connectivity index (χ1n) is 6.84. The molecule has 0 saturated carbocycles.